The van der Waals surface area contributed by atoms with Gasteiger partial charge in [0.1, 0.15) is 23.6 Å². The highest BCUT2D eigenvalue weighted by atomic mass is 19.1. The standard InChI is InChI=1S/C17H21F2N5O/c1-2-20-17(21-12-14-5-10-25-22-14)24-8-6-23(7-9-24)16-11-13(18)3-4-15(16)19/h3-5,10-11H,2,6-9,12H2,1H3,(H,20,21). The average Bonchev–Trinajstić information content (AvgIpc) is 3.14. The van der Waals surface area contributed by atoms with Crippen molar-refractivity contribution in [3.8, 4) is 0 Å². The van der Waals surface area contributed by atoms with Gasteiger partial charge in [-0.15, -0.1) is 0 Å². The second kappa shape index (κ2) is 7.96. The van der Waals surface area contributed by atoms with Crippen LogP contribution >= 0.6 is 0 Å². The van der Waals surface area contributed by atoms with E-state index in [0.29, 0.717) is 38.4 Å². The van der Waals surface area contributed by atoms with Crippen molar-refractivity contribution in [1.29, 1.82) is 0 Å². The molecule has 0 radical (unpaired) electrons. The Bertz CT molecular complexity index is 712. The normalized spacial score (nSPS) is 15.6. The maximum Gasteiger partial charge on any atom is 0.194 e. The van der Waals surface area contributed by atoms with Crippen LogP contribution in [0, 0.1) is 11.6 Å². The Hall–Kier alpha value is -2.64. The summed E-state index contributed by atoms with van der Waals surface area (Å²) in [4.78, 5) is 8.53. The summed E-state index contributed by atoms with van der Waals surface area (Å²) in [6, 6.07) is 5.32. The molecule has 0 bridgehead atoms. The first-order valence-electron chi connectivity index (χ1n) is 8.30. The Morgan fingerprint density at radius 3 is 2.72 bits per heavy atom. The van der Waals surface area contributed by atoms with Crippen molar-refractivity contribution in [1.82, 2.24) is 15.4 Å². The highest BCUT2D eigenvalue weighted by molar-refractivity contribution is 5.80. The molecule has 0 unspecified atom stereocenters. The van der Waals surface area contributed by atoms with Gasteiger partial charge in [0.15, 0.2) is 5.96 Å². The maximum atomic E-state index is 13.9. The predicted molar refractivity (Wildman–Crippen MR) is 91.5 cm³/mol. The molecule has 1 aliphatic rings. The molecule has 1 saturated heterocycles. The minimum atomic E-state index is -0.429. The number of nitrogens with zero attached hydrogens (tertiary/aromatic N) is 4. The minimum Gasteiger partial charge on any atom is -0.366 e. The van der Waals surface area contributed by atoms with Gasteiger partial charge < -0.3 is 19.6 Å². The van der Waals surface area contributed by atoms with E-state index in [0.717, 1.165) is 24.3 Å². The van der Waals surface area contributed by atoms with Crippen molar-refractivity contribution >= 4 is 11.6 Å². The summed E-state index contributed by atoms with van der Waals surface area (Å²) in [5.74, 6) is -0.0485. The van der Waals surface area contributed by atoms with Crippen LogP contribution in [0.25, 0.3) is 0 Å². The predicted octanol–water partition coefficient (Wildman–Crippen LogP) is 2.24. The third-order valence-corrected chi connectivity index (χ3v) is 4.05. The maximum absolute atomic E-state index is 13.9. The van der Waals surface area contributed by atoms with Crippen LogP contribution in [0.15, 0.2) is 40.0 Å². The van der Waals surface area contributed by atoms with E-state index in [4.69, 9.17) is 4.52 Å². The number of hydrogen-bond donors (Lipinski definition) is 1. The lowest BCUT2D eigenvalue weighted by atomic mass is 10.2. The molecular formula is C17H21F2N5O. The molecule has 25 heavy (non-hydrogen) atoms. The van der Waals surface area contributed by atoms with Crippen molar-refractivity contribution in [3.63, 3.8) is 0 Å². The third-order valence-electron chi connectivity index (χ3n) is 4.05. The van der Waals surface area contributed by atoms with E-state index in [-0.39, 0.29) is 0 Å². The number of aliphatic imine (C=N–C) groups is 1. The van der Waals surface area contributed by atoms with Crippen molar-refractivity contribution in [2.45, 2.75) is 13.5 Å². The molecule has 1 N–H and O–H groups in total. The van der Waals surface area contributed by atoms with E-state index >= 15 is 0 Å². The summed E-state index contributed by atoms with van der Waals surface area (Å²) in [6.07, 6.45) is 1.52. The summed E-state index contributed by atoms with van der Waals surface area (Å²) < 4.78 is 32.1. The number of aromatic nitrogens is 1. The fourth-order valence-electron chi connectivity index (χ4n) is 2.79. The first-order chi connectivity index (χ1) is 12.2. The number of nitrogens with one attached hydrogen (secondary N) is 1. The fourth-order valence-corrected chi connectivity index (χ4v) is 2.79. The zero-order chi connectivity index (χ0) is 17.6. The SMILES string of the molecule is CCNC(=NCc1ccon1)N1CCN(c2cc(F)ccc2F)CC1. The van der Waals surface area contributed by atoms with Crippen LogP contribution in [0.5, 0.6) is 0 Å². The number of piperazine rings is 1. The van der Waals surface area contributed by atoms with E-state index in [9.17, 15) is 8.78 Å². The molecule has 0 amide bonds. The lowest BCUT2D eigenvalue weighted by Crippen LogP contribution is -2.52. The van der Waals surface area contributed by atoms with Gasteiger partial charge in [0, 0.05) is 44.9 Å². The van der Waals surface area contributed by atoms with Crippen LogP contribution in [-0.2, 0) is 6.54 Å². The third kappa shape index (κ3) is 4.26. The highest BCUT2D eigenvalue weighted by Crippen LogP contribution is 2.22. The van der Waals surface area contributed by atoms with E-state index in [1.54, 1.807) is 6.07 Å². The molecule has 0 spiro atoms. The van der Waals surface area contributed by atoms with Gasteiger partial charge in [0.05, 0.1) is 12.2 Å². The number of guanidine groups is 1. The Balaban J connectivity index is 1.64. The summed E-state index contributed by atoms with van der Waals surface area (Å²) in [5, 5.41) is 7.10. The van der Waals surface area contributed by atoms with Crippen LogP contribution < -0.4 is 10.2 Å². The van der Waals surface area contributed by atoms with Crippen LogP contribution in [0.1, 0.15) is 12.6 Å². The smallest absolute Gasteiger partial charge is 0.194 e. The van der Waals surface area contributed by atoms with Gasteiger partial charge in [-0.25, -0.2) is 13.8 Å². The molecule has 2 heterocycles. The molecule has 0 saturated carbocycles. The van der Waals surface area contributed by atoms with Gasteiger partial charge in [0.2, 0.25) is 0 Å². The highest BCUT2D eigenvalue weighted by Gasteiger charge is 2.22. The minimum absolute atomic E-state index is 0.309. The van der Waals surface area contributed by atoms with Crippen LogP contribution in [-0.4, -0.2) is 48.7 Å². The van der Waals surface area contributed by atoms with Gasteiger partial charge in [0.25, 0.3) is 0 Å². The van der Waals surface area contributed by atoms with Gasteiger partial charge in [-0.2, -0.15) is 0 Å². The van der Waals surface area contributed by atoms with Gasteiger partial charge in [-0.05, 0) is 19.1 Å². The molecule has 1 aliphatic heterocycles. The summed E-state index contributed by atoms with van der Waals surface area (Å²) >= 11 is 0. The van der Waals surface area contributed by atoms with Crippen LogP contribution in [0.4, 0.5) is 14.5 Å². The lowest BCUT2D eigenvalue weighted by Gasteiger charge is -2.37. The Labute approximate surface area is 145 Å². The first-order valence-corrected chi connectivity index (χ1v) is 8.30. The molecule has 1 aromatic heterocycles. The molecule has 2 aromatic rings. The van der Waals surface area contributed by atoms with Gasteiger partial charge >= 0.3 is 0 Å². The quantitative estimate of drug-likeness (QED) is 0.678. The van der Waals surface area contributed by atoms with Crippen molar-refractivity contribution in [2.24, 2.45) is 4.99 Å². The zero-order valence-corrected chi connectivity index (χ0v) is 14.1. The molecule has 1 fully saturated rings. The molecule has 0 aliphatic carbocycles. The summed E-state index contributed by atoms with van der Waals surface area (Å²) in [6.45, 7) is 5.70. The van der Waals surface area contributed by atoms with Crippen LogP contribution in [0.3, 0.4) is 0 Å². The Morgan fingerprint density at radius 2 is 2.04 bits per heavy atom. The second-order valence-electron chi connectivity index (χ2n) is 5.73. The van der Waals surface area contributed by atoms with E-state index in [1.165, 1.54) is 18.4 Å². The topological polar surface area (TPSA) is 56.9 Å². The largest absolute Gasteiger partial charge is 0.366 e. The number of anilines is 1. The number of benzene rings is 1. The first kappa shape index (κ1) is 17.2. The van der Waals surface area contributed by atoms with Crippen molar-refractivity contribution < 1.29 is 13.3 Å². The second-order valence-corrected chi connectivity index (χ2v) is 5.73. The Kier molecular flexibility index (Phi) is 5.47. The van der Waals surface area contributed by atoms with E-state index in [2.05, 4.69) is 20.4 Å². The average molecular weight is 349 g/mol. The monoisotopic (exact) mass is 349 g/mol. The zero-order valence-electron chi connectivity index (χ0n) is 14.1. The molecule has 1 aromatic carbocycles. The molecule has 6 nitrogen and oxygen atoms in total. The number of halogens is 2. The Morgan fingerprint density at radius 1 is 1.24 bits per heavy atom. The van der Waals surface area contributed by atoms with E-state index in [1.807, 2.05) is 11.8 Å². The molecule has 8 heteroatoms. The molecule has 0 atom stereocenters. The van der Waals surface area contributed by atoms with E-state index < -0.39 is 11.6 Å². The van der Waals surface area contributed by atoms with Crippen molar-refractivity contribution in [3.05, 3.63) is 47.9 Å². The van der Waals surface area contributed by atoms with Crippen molar-refractivity contribution in [2.75, 3.05) is 37.6 Å². The summed E-state index contributed by atoms with van der Waals surface area (Å²) in [5.41, 5.74) is 1.07. The van der Waals surface area contributed by atoms with Gasteiger partial charge in [-0.3, -0.25) is 0 Å². The number of hydrogen-bond acceptors (Lipinski definition) is 4. The number of rotatable bonds is 4. The molecule has 134 valence electrons. The molecular weight excluding hydrogens is 328 g/mol. The lowest BCUT2D eigenvalue weighted by molar-refractivity contribution is 0.370. The van der Waals surface area contributed by atoms with Crippen LogP contribution in [0.2, 0.25) is 0 Å². The fraction of sp³-hybridized carbons (Fsp3) is 0.412. The molecule has 3 rings (SSSR count). The van der Waals surface area contributed by atoms with Gasteiger partial charge in [-0.1, -0.05) is 5.16 Å². The summed E-state index contributed by atoms with van der Waals surface area (Å²) in [7, 11) is 0.